The van der Waals surface area contributed by atoms with Gasteiger partial charge in [-0.1, -0.05) is 12.1 Å². The Hall–Kier alpha value is -1.60. The fourth-order valence-corrected chi connectivity index (χ4v) is 2.08. The van der Waals surface area contributed by atoms with Crippen molar-refractivity contribution in [2.75, 3.05) is 0 Å². The summed E-state index contributed by atoms with van der Waals surface area (Å²) in [4.78, 5) is 5.01. The minimum atomic E-state index is -4.66. The normalized spacial score (nSPS) is 11.5. The molecule has 0 spiro atoms. The van der Waals surface area contributed by atoms with E-state index >= 15 is 0 Å². The summed E-state index contributed by atoms with van der Waals surface area (Å²) < 4.78 is 40.1. The lowest BCUT2D eigenvalue weighted by Gasteiger charge is -2.10. The lowest BCUT2D eigenvalue weighted by Crippen LogP contribution is -2.17. The van der Waals surface area contributed by atoms with E-state index in [1.807, 2.05) is 0 Å². The third-order valence-corrected chi connectivity index (χ3v) is 3.02. The van der Waals surface area contributed by atoms with E-state index in [4.69, 9.17) is 0 Å². The summed E-state index contributed by atoms with van der Waals surface area (Å²) in [6, 6.07) is 5.92. The standard InChI is InChI=1S/C12H11F3N2OS/c13-12(14,15)18-10-3-1-2-9(4-10)5-16-6-11-7-17-8-19-11/h1-4,7-8,16H,5-6H2. The smallest absolute Gasteiger partial charge is 0.406 e. The second kappa shape index (κ2) is 6.03. The van der Waals surface area contributed by atoms with Crippen molar-refractivity contribution >= 4 is 11.3 Å². The van der Waals surface area contributed by atoms with Gasteiger partial charge >= 0.3 is 6.36 Å². The molecule has 0 bridgehead atoms. The molecule has 0 unspecified atom stereocenters. The van der Waals surface area contributed by atoms with Crippen molar-refractivity contribution < 1.29 is 17.9 Å². The molecule has 0 saturated heterocycles. The zero-order valence-electron chi connectivity index (χ0n) is 9.78. The largest absolute Gasteiger partial charge is 0.573 e. The highest BCUT2D eigenvalue weighted by Crippen LogP contribution is 2.23. The predicted octanol–water partition coefficient (Wildman–Crippen LogP) is 3.33. The number of hydrogen-bond donors (Lipinski definition) is 1. The van der Waals surface area contributed by atoms with E-state index in [-0.39, 0.29) is 5.75 Å². The first-order chi connectivity index (χ1) is 9.03. The number of alkyl halides is 3. The van der Waals surface area contributed by atoms with Gasteiger partial charge in [0.05, 0.1) is 5.51 Å². The summed E-state index contributed by atoms with van der Waals surface area (Å²) in [5.74, 6) is -0.204. The molecule has 0 aliphatic rings. The fourth-order valence-electron chi connectivity index (χ4n) is 1.51. The molecule has 1 heterocycles. The van der Waals surface area contributed by atoms with Gasteiger partial charge in [0.2, 0.25) is 0 Å². The van der Waals surface area contributed by atoms with Crippen LogP contribution in [0.25, 0.3) is 0 Å². The van der Waals surface area contributed by atoms with Gasteiger partial charge in [-0.15, -0.1) is 24.5 Å². The van der Waals surface area contributed by atoms with Crippen LogP contribution in [0.15, 0.2) is 36.0 Å². The molecule has 0 saturated carbocycles. The number of hydrogen-bond acceptors (Lipinski definition) is 4. The van der Waals surface area contributed by atoms with E-state index in [0.29, 0.717) is 13.1 Å². The van der Waals surface area contributed by atoms with Gasteiger partial charge in [-0.25, -0.2) is 0 Å². The molecule has 19 heavy (non-hydrogen) atoms. The Labute approximate surface area is 112 Å². The zero-order valence-corrected chi connectivity index (χ0v) is 10.6. The Morgan fingerprint density at radius 3 is 2.79 bits per heavy atom. The molecule has 7 heteroatoms. The van der Waals surface area contributed by atoms with Gasteiger partial charge in [0, 0.05) is 24.2 Å². The van der Waals surface area contributed by atoms with Crippen LogP contribution in [0.2, 0.25) is 0 Å². The molecular weight excluding hydrogens is 277 g/mol. The summed E-state index contributed by atoms with van der Waals surface area (Å²) in [5, 5.41) is 3.13. The molecule has 1 aromatic heterocycles. The molecular formula is C12H11F3N2OS. The molecule has 102 valence electrons. The number of nitrogens with one attached hydrogen (secondary N) is 1. The molecule has 0 aliphatic heterocycles. The molecule has 2 aromatic rings. The van der Waals surface area contributed by atoms with Crippen LogP contribution in [0.5, 0.6) is 5.75 Å². The van der Waals surface area contributed by atoms with Crippen molar-refractivity contribution in [1.82, 2.24) is 10.3 Å². The van der Waals surface area contributed by atoms with Crippen molar-refractivity contribution in [3.05, 3.63) is 46.4 Å². The van der Waals surface area contributed by atoms with Crippen LogP contribution in [-0.2, 0) is 13.1 Å². The summed E-state index contributed by atoms with van der Waals surface area (Å²) in [7, 11) is 0. The second-order valence-corrected chi connectivity index (χ2v) is 4.74. The van der Waals surface area contributed by atoms with Gasteiger partial charge in [0.15, 0.2) is 0 Å². The first-order valence-electron chi connectivity index (χ1n) is 5.46. The molecule has 3 nitrogen and oxygen atoms in total. The number of benzene rings is 1. The van der Waals surface area contributed by atoms with Gasteiger partial charge < -0.3 is 10.1 Å². The van der Waals surface area contributed by atoms with E-state index in [9.17, 15) is 13.2 Å². The topological polar surface area (TPSA) is 34.1 Å². The summed E-state index contributed by atoms with van der Waals surface area (Å²) >= 11 is 1.52. The van der Waals surface area contributed by atoms with Gasteiger partial charge in [-0.2, -0.15) is 0 Å². The van der Waals surface area contributed by atoms with Crippen LogP contribution in [0, 0.1) is 0 Å². The molecule has 2 rings (SSSR count). The molecule has 0 fully saturated rings. The molecule has 0 atom stereocenters. The number of ether oxygens (including phenoxy) is 1. The molecule has 1 aromatic carbocycles. The zero-order chi connectivity index (χ0) is 13.7. The van der Waals surface area contributed by atoms with Gasteiger partial charge in [0.25, 0.3) is 0 Å². The Balaban J connectivity index is 1.88. The lowest BCUT2D eigenvalue weighted by molar-refractivity contribution is -0.274. The fraction of sp³-hybridized carbons (Fsp3) is 0.250. The van der Waals surface area contributed by atoms with Crippen molar-refractivity contribution in [2.45, 2.75) is 19.5 Å². The number of halogens is 3. The summed E-state index contributed by atoms with van der Waals surface area (Å²) in [5.41, 5.74) is 2.46. The van der Waals surface area contributed by atoms with E-state index < -0.39 is 6.36 Å². The van der Waals surface area contributed by atoms with Gasteiger partial charge in [0.1, 0.15) is 5.75 Å². The Bertz CT molecular complexity index is 514. The van der Waals surface area contributed by atoms with Gasteiger partial charge in [-0.3, -0.25) is 4.98 Å². The highest BCUT2D eigenvalue weighted by atomic mass is 32.1. The van der Waals surface area contributed by atoms with Crippen molar-refractivity contribution in [3.8, 4) is 5.75 Å². The van der Waals surface area contributed by atoms with E-state index in [2.05, 4.69) is 15.0 Å². The van der Waals surface area contributed by atoms with Crippen LogP contribution in [-0.4, -0.2) is 11.3 Å². The molecule has 0 aliphatic carbocycles. The van der Waals surface area contributed by atoms with Crippen LogP contribution < -0.4 is 10.1 Å². The molecule has 0 radical (unpaired) electrons. The van der Waals surface area contributed by atoms with E-state index in [1.54, 1.807) is 17.8 Å². The Kier molecular flexibility index (Phi) is 4.39. The van der Waals surface area contributed by atoms with Crippen LogP contribution >= 0.6 is 11.3 Å². The van der Waals surface area contributed by atoms with Crippen LogP contribution in [0.3, 0.4) is 0 Å². The molecule has 1 N–H and O–H groups in total. The lowest BCUT2D eigenvalue weighted by atomic mass is 10.2. The van der Waals surface area contributed by atoms with Crippen LogP contribution in [0.1, 0.15) is 10.4 Å². The first kappa shape index (κ1) is 13.8. The number of thiazole rings is 1. The van der Waals surface area contributed by atoms with Gasteiger partial charge in [-0.05, 0) is 17.7 Å². The Morgan fingerprint density at radius 2 is 2.11 bits per heavy atom. The summed E-state index contributed by atoms with van der Waals surface area (Å²) in [6.45, 7) is 1.10. The molecule has 0 amide bonds. The van der Waals surface area contributed by atoms with E-state index in [0.717, 1.165) is 10.4 Å². The second-order valence-electron chi connectivity index (χ2n) is 3.77. The van der Waals surface area contributed by atoms with Crippen molar-refractivity contribution in [2.24, 2.45) is 0 Å². The minimum absolute atomic E-state index is 0.204. The van der Waals surface area contributed by atoms with Crippen molar-refractivity contribution in [1.29, 1.82) is 0 Å². The average Bonchev–Trinajstić information content (AvgIpc) is 2.80. The monoisotopic (exact) mass is 288 g/mol. The van der Waals surface area contributed by atoms with E-state index in [1.165, 1.54) is 29.5 Å². The van der Waals surface area contributed by atoms with Crippen molar-refractivity contribution in [3.63, 3.8) is 0 Å². The number of nitrogens with zero attached hydrogens (tertiary/aromatic N) is 1. The number of aromatic nitrogens is 1. The maximum Gasteiger partial charge on any atom is 0.573 e. The maximum atomic E-state index is 12.1. The quantitative estimate of drug-likeness (QED) is 0.916. The summed E-state index contributed by atoms with van der Waals surface area (Å²) in [6.07, 6.45) is -2.91. The highest BCUT2D eigenvalue weighted by molar-refractivity contribution is 7.09. The third-order valence-electron chi connectivity index (χ3n) is 2.24. The SMILES string of the molecule is FC(F)(F)Oc1cccc(CNCc2cncs2)c1. The average molecular weight is 288 g/mol. The minimum Gasteiger partial charge on any atom is -0.406 e. The highest BCUT2D eigenvalue weighted by Gasteiger charge is 2.31. The number of rotatable bonds is 5. The van der Waals surface area contributed by atoms with Crippen LogP contribution in [0.4, 0.5) is 13.2 Å². The predicted molar refractivity (Wildman–Crippen MR) is 65.8 cm³/mol. The Morgan fingerprint density at radius 1 is 1.26 bits per heavy atom. The maximum absolute atomic E-state index is 12.1. The third kappa shape index (κ3) is 4.88. The first-order valence-corrected chi connectivity index (χ1v) is 6.34.